The molecule has 0 aliphatic heterocycles. The molecule has 1 aromatic heterocycles. The first kappa shape index (κ1) is 9.78. The number of aliphatic hydroxyl groups excluding tert-OH is 1. The maximum absolute atomic E-state index is 10.1. The van der Waals surface area contributed by atoms with E-state index >= 15 is 0 Å². The lowest BCUT2D eigenvalue weighted by molar-refractivity contribution is 0.0646. The molecule has 78 valence electrons. The van der Waals surface area contributed by atoms with Crippen LogP contribution in [0.3, 0.4) is 0 Å². The van der Waals surface area contributed by atoms with Crippen LogP contribution in [0.2, 0.25) is 0 Å². The van der Waals surface area contributed by atoms with Crippen LogP contribution in [0.25, 0.3) is 0 Å². The second-order valence-electron chi connectivity index (χ2n) is 4.29. The van der Waals surface area contributed by atoms with Gasteiger partial charge in [-0.05, 0) is 37.8 Å². The summed E-state index contributed by atoms with van der Waals surface area (Å²) >= 11 is 0. The first-order valence-corrected chi connectivity index (χ1v) is 5.52. The van der Waals surface area contributed by atoms with E-state index in [1.54, 1.807) is 0 Å². The summed E-state index contributed by atoms with van der Waals surface area (Å²) in [6, 6.07) is 3.82. The van der Waals surface area contributed by atoms with Crippen molar-refractivity contribution in [3.05, 3.63) is 23.7 Å². The zero-order valence-corrected chi connectivity index (χ0v) is 8.70. The van der Waals surface area contributed by atoms with Crippen molar-refractivity contribution in [1.29, 1.82) is 0 Å². The Labute approximate surface area is 84.9 Å². The molecule has 2 heteroatoms. The fourth-order valence-electron chi connectivity index (χ4n) is 2.29. The molecule has 1 aromatic rings. The van der Waals surface area contributed by atoms with Crippen molar-refractivity contribution in [3.8, 4) is 0 Å². The van der Waals surface area contributed by atoms with E-state index in [1.165, 1.54) is 19.3 Å². The van der Waals surface area contributed by atoms with E-state index in [0.717, 1.165) is 24.4 Å². The smallest absolute Gasteiger partial charge is 0.132 e. The summed E-state index contributed by atoms with van der Waals surface area (Å²) < 4.78 is 5.45. The minimum absolute atomic E-state index is 0.385. The Balaban J connectivity index is 2.03. The summed E-state index contributed by atoms with van der Waals surface area (Å²) in [4.78, 5) is 0. The quantitative estimate of drug-likeness (QED) is 0.784. The Morgan fingerprint density at radius 1 is 1.29 bits per heavy atom. The van der Waals surface area contributed by atoms with Gasteiger partial charge in [0.25, 0.3) is 0 Å². The lowest BCUT2D eigenvalue weighted by Gasteiger charge is -2.25. The van der Waals surface area contributed by atoms with Gasteiger partial charge in [0, 0.05) is 0 Å². The van der Waals surface area contributed by atoms with E-state index in [9.17, 15) is 5.11 Å². The molecule has 0 saturated heterocycles. The maximum Gasteiger partial charge on any atom is 0.132 e. The van der Waals surface area contributed by atoms with E-state index in [0.29, 0.717) is 5.92 Å². The first-order chi connectivity index (χ1) is 6.77. The van der Waals surface area contributed by atoms with Crippen LogP contribution in [0.5, 0.6) is 0 Å². The van der Waals surface area contributed by atoms with E-state index in [1.807, 2.05) is 19.1 Å². The molecular formula is C12H18O2. The van der Waals surface area contributed by atoms with Crippen LogP contribution in [-0.2, 0) is 0 Å². The molecule has 1 aliphatic carbocycles. The number of aryl methyl sites for hydroxylation is 1. The third-order valence-corrected chi connectivity index (χ3v) is 3.15. The molecule has 14 heavy (non-hydrogen) atoms. The molecular weight excluding hydrogens is 176 g/mol. The van der Waals surface area contributed by atoms with E-state index in [4.69, 9.17) is 4.42 Å². The summed E-state index contributed by atoms with van der Waals surface area (Å²) in [5, 5.41) is 10.1. The molecule has 0 aromatic carbocycles. The Morgan fingerprint density at radius 2 is 2.00 bits per heavy atom. The van der Waals surface area contributed by atoms with Crippen LogP contribution in [0, 0.1) is 12.8 Å². The number of hydrogen-bond donors (Lipinski definition) is 1. The van der Waals surface area contributed by atoms with Gasteiger partial charge >= 0.3 is 0 Å². The highest BCUT2D eigenvalue weighted by atomic mass is 16.4. The molecule has 1 atom stereocenters. The third kappa shape index (κ3) is 2.01. The highest BCUT2D eigenvalue weighted by molar-refractivity contribution is 5.09. The average Bonchev–Trinajstić information content (AvgIpc) is 2.65. The maximum atomic E-state index is 10.1. The zero-order valence-electron chi connectivity index (χ0n) is 8.70. The molecule has 0 radical (unpaired) electrons. The molecule has 1 saturated carbocycles. The fraction of sp³-hybridized carbons (Fsp3) is 0.667. The van der Waals surface area contributed by atoms with Crippen LogP contribution in [0.1, 0.15) is 49.7 Å². The number of rotatable bonds is 2. The van der Waals surface area contributed by atoms with Gasteiger partial charge in [0.2, 0.25) is 0 Å². The van der Waals surface area contributed by atoms with Crippen LogP contribution in [0.4, 0.5) is 0 Å². The minimum atomic E-state index is -0.385. The van der Waals surface area contributed by atoms with Gasteiger partial charge in [-0.15, -0.1) is 0 Å². The second-order valence-corrected chi connectivity index (χ2v) is 4.29. The molecule has 1 fully saturated rings. The molecule has 1 heterocycles. The average molecular weight is 194 g/mol. The lowest BCUT2D eigenvalue weighted by atomic mass is 9.84. The van der Waals surface area contributed by atoms with Crippen LogP contribution < -0.4 is 0 Å². The van der Waals surface area contributed by atoms with Gasteiger partial charge in [-0.3, -0.25) is 0 Å². The highest BCUT2D eigenvalue weighted by Crippen LogP contribution is 2.34. The molecule has 2 rings (SSSR count). The second kappa shape index (κ2) is 4.18. The largest absolute Gasteiger partial charge is 0.464 e. The van der Waals surface area contributed by atoms with Crippen molar-refractivity contribution in [2.75, 3.05) is 0 Å². The lowest BCUT2D eigenvalue weighted by Crippen LogP contribution is -2.15. The Bertz CT molecular complexity index is 284. The molecule has 1 unspecified atom stereocenters. The molecule has 1 N–H and O–H groups in total. The van der Waals surface area contributed by atoms with E-state index in [-0.39, 0.29) is 6.10 Å². The van der Waals surface area contributed by atoms with E-state index < -0.39 is 0 Å². The summed E-state index contributed by atoms with van der Waals surface area (Å²) in [6.07, 6.45) is 5.72. The fourth-order valence-corrected chi connectivity index (χ4v) is 2.29. The van der Waals surface area contributed by atoms with Crippen LogP contribution >= 0.6 is 0 Å². The zero-order chi connectivity index (χ0) is 9.97. The highest BCUT2D eigenvalue weighted by Gasteiger charge is 2.24. The predicted octanol–water partition coefficient (Wildman–Crippen LogP) is 3.20. The van der Waals surface area contributed by atoms with Crippen molar-refractivity contribution >= 4 is 0 Å². The Morgan fingerprint density at radius 3 is 2.57 bits per heavy atom. The number of furan rings is 1. The van der Waals surface area contributed by atoms with Gasteiger partial charge in [0.1, 0.15) is 17.6 Å². The molecule has 2 nitrogen and oxygen atoms in total. The third-order valence-electron chi connectivity index (χ3n) is 3.15. The van der Waals surface area contributed by atoms with Crippen molar-refractivity contribution in [2.45, 2.75) is 45.1 Å². The van der Waals surface area contributed by atoms with Gasteiger partial charge in [-0.2, -0.15) is 0 Å². The molecule has 0 spiro atoms. The number of aliphatic hydroxyl groups is 1. The SMILES string of the molecule is Cc1ccc(C(O)C2CCCCC2)o1. The Kier molecular flexibility index (Phi) is 2.92. The topological polar surface area (TPSA) is 33.4 Å². The van der Waals surface area contributed by atoms with Gasteiger partial charge in [-0.1, -0.05) is 19.3 Å². The summed E-state index contributed by atoms with van der Waals surface area (Å²) in [7, 11) is 0. The minimum Gasteiger partial charge on any atom is -0.464 e. The summed E-state index contributed by atoms with van der Waals surface area (Å²) in [5.74, 6) is 2.04. The van der Waals surface area contributed by atoms with E-state index in [2.05, 4.69) is 0 Å². The van der Waals surface area contributed by atoms with Gasteiger partial charge in [0.15, 0.2) is 0 Å². The molecule has 0 bridgehead atoms. The van der Waals surface area contributed by atoms with Crippen molar-refractivity contribution in [1.82, 2.24) is 0 Å². The summed E-state index contributed by atoms with van der Waals surface area (Å²) in [5.41, 5.74) is 0. The normalized spacial score (nSPS) is 21.0. The Hall–Kier alpha value is -0.760. The van der Waals surface area contributed by atoms with Crippen LogP contribution in [0.15, 0.2) is 16.5 Å². The number of hydrogen-bond acceptors (Lipinski definition) is 2. The van der Waals surface area contributed by atoms with Crippen molar-refractivity contribution in [2.24, 2.45) is 5.92 Å². The van der Waals surface area contributed by atoms with Gasteiger partial charge < -0.3 is 9.52 Å². The summed E-state index contributed by atoms with van der Waals surface area (Å²) in [6.45, 7) is 1.91. The first-order valence-electron chi connectivity index (χ1n) is 5.52. The molecule has 1 aliphatic rings. The van der Waals surface area contributed by atoms with Gasteiger partial charge in [0.05, 0.1) is 0 Å². The monoisotopic (exact) mass is 194 g/mol. The molecule has 0 amide bonds. The van der Waals surface area contributed by atoms with Crippen molar-refractivity contribution in [3.63, 3.8) is 0 Å². The van der Waals surface area contributed by atoms with Crippen molar-refractivity contribution < 1.29 is 9.52 Å². The standard InChI is InChI=1S/C12H18O2/c1-9-7-8-11(14-9)12(13)10-5-3-2-4-6-10/h7-8,10,12-13H,2-6H2,1H3. The predicted molar refractivity (Wildman–Crippen MR) is 55.0 cm³/mol. The van der Waals surface area contributed by atoms with Gasteiger partial charge in [-0.25, -0.2) is 0 Å². The van der Waals surface area contributed by atoms with Crippen LogP contribution in [-0.4, -0.2) is 5.11 Å².